The van der Waals surface area contributed by atoms with Crippen LogP contribution in [0.15, 0.2) is 71.4 Å². The lowest BCUT2D eigenvalue weighted by Gasteiger charge is -2.17. The van der Waals surface area contributed by atoms with Gasteiger partial charge in [0.25, 0.3) is 5.91 Å². The molecule has 7 heteroatoms. The molecule has 0 saturated carbocycles. The van der Waals surface area contributed by atoms with Crippen molar-refractivity contribution in [3.05, 3.63) is 83.9 Å². The number of aromatic nitrogens is 2. The van der Waals surface area contributed by atoms with Crippen LogP contribution in [-0.2, 0) is 6.61 Å². The third kappa shape index (κ3) is 3.91. The highest BCUT2D eigenvalue weighted by molar-refractivity contribution is 6.08. The van der Waals surface area contributed by atoms with Gasteiger partial charge in [0, 0.05) is 30.3 Å². The highest BCUT2D eigenvalue weighted by atomic mass is 16.5. The summed E-state index contributed by atoms with van der Waals surface area (Å²) >= 11 is 0. The van der Waals surface area contributed by atoms with Crippen LogP contribution in [0.4, 0.5) is 5.69 Å². The summed E-state index contributed by atoms with van der Waals surface area (Å²) in [4.78, 5) is 30.3. The Labute approximate surface area is 172 Å². The number of fused-ring (bicyclic) bond motifs is 1. The SMILES string of the molecule is CC(=O)c1cccc(OCc2cc(C(=O)N(C)c3cccc4cccnc34)no2)c1. The number of ether oxygens (including phenoxy) is 1. The Morgan fingerprint density at radius 2 is 1.87 bits per heavy atom. The van der Waals surface area contributed by atoms with Crippen molar-refractivity contribution in [2.24, 2.45) is 0 Å². The van der Waals surface area contributed by atoms with E-state index in [1.807, 2.05) is 30.3 Å². The van der Waals surface area contributed by atoms with Crippen LogP contribution in [0, 0.1) is 0 Å². The first kappa shape index (κ1) is 19.3. The van der Waals surface area contributed by atoms with Gasteiger partial charge in [-0.1, -0.05) is 35.5 Å². The number of hydrogen-bond acceptors (Lipinski definition) is 6. The molecule has 150 valence electrons. The molecule has 0 aliphatic rings. The summed E-state index contributed by atoms with van der Waals surface area (Å²) in [6.07, 6.45) is 1.69. The van der Waals surface area contributed by atoms with E-state index in [1.54, 1.807) is 43.6 Å². The van der Waals surface area contributed by atoms with Gasteiger partial charge < -0.3 is 14.2 Å². The highest BCUT2D eigenvalue weighted by Gasteiger charge is 2.20. The van der Waals surface area contributed by atoms with Crippen molar-refractivity contribution >= 4 is 28.3 Å². The number of carbonyl (C=O) groups excluding carboxylic acids is 2. The first-order valence-electron chi connectivity index (χ1n) is 9.34. The van der Waals surface area contributed by atoms with Crippen LogP contribution in [0.3, 0.4) is 0 Å². The number of ketones is 1. The monoisotopic (exact) mass is 401 g/mol. The molecular formula is C23H19N3O4. The fourth-order valence-corrected chi connectivity index (χ4v) is 3.08. The van der Waals surface area contributed by atoms with Crippen LogP contribution < -0.4 is 9.64 Å². The molecule has 0 aliphatic carbocycles. The number of hydrogen-bond donors (Lipinski definition) is 0. The number of nitrogens with zero attached hydrogens (tertiary/aromatic N) is 3. The Hall–Kier alpha value is -4.00. The molecule has 0 N–H and O–H groups in total. The molecule has 0 bridgehead atoms. The van der Waals surface area contributed by atoms with E-state index in [1.165, 1.54) is 11.8 Å². The van der Waals surface area contributed by atoms with E-state index < -0.39 is 0 Å². The molecule has 2 heterocycles. The van der Waals surface area contributed by atoms with Crippen molar-refractivity contribution in [1.82, 2.24) is 10.1 Å². The number of carbonyl (C=O) groups is 2. The quantitative estimate of drug-likeness (QED) is 0.448. The minimum absolute atomic E-state index is 0.0426. The number of pyridine rings is 1. The second kappa shape index (κ2) is 8.16. The number of amides is 1. The third-order valence-corrected chi connectivity index (χ3v) is 4.68. The van der Waals surface area contributed by atoms with Crippen LogP contribution in [0.5, 0.6) is 5.75 Å². The molecule has 1 amide bonds. The van der Waals surface area contributed by atoms with Crippen molar-refractivity contribution in [3.63, 3.8) is 0 Å². The van der Waals surface area contributed by atoms with E-state index in [0.717, 1.165) is 10.9 Å². The van der Waals surface area contributed by atoms with E-state index >= 15 is 0 Å². The molecule has 2 aromatic carbocycles. The fourth-order valence-electron chi connectivity index (χ4n) is 3.08. The molecule has 0 saturated heterocycles. The summed E-state index contributed by atoms with van der Waals surface area (Å²) < 4.78 is 10.9. The van der Waals surface area contributed by atoms with Crippen molar-refractivity contribution in [2.75, 3.05) is 11.9 Å². The van der Waals surface area contributed by atoms with E-state index in [9.17, 15) is 9.59 Å². The maximum Gasteiger partial charge on any atom is 0.280 e. The van der Waals surface area contributed by atoms with Gasteiger partial charge in [0.05, 0.1) is 11.2 Å². The minimum atomic E-state index is -0.318. The molecule has 30 heavy (non-hydrogen) atoms. The first-order valence-corrected chi connectivity index (χ1v) is 9.34. The fraction of sp³-hybridized carbons (Fsp3) is 0.130. The zero-order valence-electron chi connectivity index (χ0n) is 16.5. The van der Waals surface area contributed by atoms with Crippen molar-refractivity contribution < 1.29 is 18.8 Å². The van der Waals surface area contributed by atoms with Crippen LogP contribution in [0.2, 0.25) is 0 Å². The Kier molecular flexibility index (Phi) is 5.26. The molecular weight excluding hydrogens is 382 g/mol. The average molecular weight is 401 g/mol. The van der Waals surface area contributed by atoms with Crippen LogP contribution in [-0.4, -0.2) is 28.9 Å². The van der Waals surface area contributed by atoms with Gasteiger partial charge >= 0.3 is 0 Å². The van der Waals surface area contributed by atoms with Crippen molar-refractivity contribution in [3.8, 4) is 5.75 Å². The van der Waals surface area contributed by atoms with Gasteiger partial charge in [-0.25, -0.2) is 0 Å². The Balaban J connectivity index is 1.48. The Bertz CT molecular complexity index is 1230. The normalized spacial score (nSPS) is 10.7. The van der Waals surface area contributed by atoms with Crippen LogP contribution in [0.1, 0.15) is 33.5 Å². The summed E-state index contributed by atoms with van der Waals surface area (Å²) in [7, 11) is 1.67. The average Bonchev–Trinajstić information content (AvgIpc) is 3.25. The lowest BCUT2D eigenvalue weighted by molar-refractivity contribution is 0.0982. The van der Waals surface area contributed by atoms with Gasteiger partial charge in [0.15, 0.2) is 17.2 Å². The third-order valence-electron chi connectivity index (χ3n) is 4.68. The standard InChI is InChI=1S/C23H19N3O4/c1-15(27)17-7-3-9-18(12-17)29-14-19-13-20(25-30-19)23(28)26(2)21-10-4-6-16-8-5-11-24-22(16)21/h3-13H,14H2,1-2H3. The zero-order chi connectivity index (χ0) is 21.1. The summed E-state index contributed by atoms with van der Waals surface area (Å²) in [5.74, 6) is 0.572. The van der Waals surface area contributed by atoms with Crippen molar-refractivity contribution in [2.45, 2.75) is 13.5 Å². The van der Waals surface area contributed by atoms with Gasteiger partial charge in [0.1, 0.15) is 12.4 Å². The molecule has 2 aromatic heterocycles. The predicted molar refractivity (Wildman–Crippen MR) is 112 cm³/mol. The molecule has 4 aromatic rings. The summed E-state index contributed by atoms with van der Waals surface area (Å²) in [5, 5.41) is 4.82. The largest absolute Gasteiger partial charge is 0.486 e. The maximum atomic E-state index is 12.9. The number of benzene rings is 2. The highest BCUT2D eigenvalue weighted by Crippen LogP contribution is 2.25. The van der Waals surface area contributed by atoms with E-state index in [-0.39, 0.29) is 24.0 Å². The zero-order valence-corrected chi connectivity index (χ0v) is 16.5. The lowest BCUT2D eigenvalue weighted by Crippen LogP contribution is -2.26. The summed E-state index contributed by atoms with van der Waals surface area (Å²) in [6, 6.07) is 17.9. The number of rotatable bonds is 6. The molecule has 0 atom stereocenters. The van der Waals surface area contributed by atoms with Gasteiger partial charge in [-0.3, -0.25) is 14.6 Å². The predicted octanol–water partition coefficient (Wildman–Crippen LogP) is 4.28. The summed E-state index contributed by atoms with van der Waals surface area (Å²) in [5.41, 5.74) is 2.14. The number of para-hydroxylation sites is 1. The topological polar surface area (TPSA) is 85.5 Å². The van der Waals surface area contributed by atoms with Crippen LogP contribution >= 0.6 is 0 Å². The second-order valence-electron chi connectivity index (χ2n) is 6.77. The van der Waals surface area contributed by atoms with E-state index in [4.69, 9.17) is 9.26 Å². The molecule has 0 aliphatic heterocycles. The van der Waals surface area contributed by atoms with Gasteiger partial charge in [0.2, 0.25) is 0 Å². The second-order valence-corrected chi connectivity index (χ2v) is 6.77. The van der Waals surface area contributed by atoms with Crippen LogP contribution in [0.25, 0.3) is 10.9 Å². The molecule has 0 fully saturated rings. The van der Waals surface area contributed by atoms with E-state index in [2.05, 4.69) is 10.1 Å². The minimum Gasteiger partial charge on any atom is -0.486 e. The first-order chi connectivity index (χ1) is 14.5. The molecule has 0 unspecified atom stereocenters. The maximum absolute atomic E-state index is 12.9. The van der Waals surface area contributed by atoms with Crippen molar-refractivity contribution in [1.29, 1.82) is 0 Å². The van der Waals surface area contributed by atoms with Gasteiger partial charge in [-0.2, -0.15) is 0 Å². The van der Waals surface area contributed by atoms with Gasteiger partial charge in [-0.05, 0) is 31.2 Å². The Morgan fingerprint density at radius 1 is 1.07 bits per heavy atom. The summed E-state index contributed by atoms with van der Waals surface area (Å²) in [6.45, 7) is 1.58. The van der Waals surface area contributed by atoms with E-state index in [0.29, 0.717) is 22.8 Å². The lowest BCUT2D eigenvalue weighted by atomic mass is 10.1. The molecule has 4 rings (SSSR count). The van der Waals surface area contributed by atoms with Gasteiger partial charge in [-0.15, -0.1) is 0 Å². The molecule has 7 nitrogen and oxygen atoms in total. The molecule has 0 radical (unpaired) electrons. The number of Topliss-reactive ketones (excluding diaryl/α,β-unsaturated/α-hetero) is 1. The number of anilines is 1. The molecule has 0 spiro atoms. The smallest absolute Gasteiger partial charge is 0.280 e. The Morgan fingerprint density at radius 3 is 2.70 bits per heavy atom.